The molecule has 1 fully saturated rings. The number of rotatable bonds is 4. The Morgan fingerprint density at radius 3 is 2.71 bits per heavy atom. The van der Waals surface area contributed by atoms with Gasteiger partial charge in [0.05, 0.1) is 16.8 Å². The zero-order valence-corrected chi connectivity index (χ0v) is 11.5. The molecule has 96 valence electrons. The average Bonchev–Trinajstić information content (AvgIpc) is 2.29. The van der Waals surface area contributed by atoms with Crippen LogP contribution in [-0.4, -0.2) is 44.7 Å². The smallest absolute Gasteiger partial charge is 0.404 e. The van der Waals surface area contributed by atoms with Crippen LogP contribution < -0.4 is 16.5 Å². The quantitative estimate of drug-likeness (QED) is 0.343. The number of amides is 1. The molecule has 0 saturated carbocycles. The summed E-state index contributed by atoms with van der Waals surface area (Å²) >= 11 is 8.16. The molecule has 1 heterocycles. The zero-order valence-electron chi connectivity index (χ0n) is 9.01. The Morgan fingerprint density at radius 2 is 2.18 bits per heavy atom. The molecular formula is C8H14N4O2S3. The van der Waals surface area contributed by atoms with Crippen LogP contribution in [0.3, 0.4) is 0 Å². The number of hydrazone groups is 1. The number of carbonyl (C=O) groups is 1. The molecule has 0 aromatic carbocycles. The van der Waals surface area contributed by atoms with Gasteiger partial charge in [-0.2, -0.15) is 5.10 Å². The molecule has 0 unspecified atom stereocenters. The molecule has 1 aliphatic heterocycles. The summed E-state index contributed by atoms with van der Waals surface area (Å²) in [4.78, 5) is 10.5. The molecule has 0 radical (unpaired) electrons. The van der Waals surface area contributed by atoms with Gasteiger partial charge in [-0.1, -0.05) is 0 Å². The van der Waals surface area contributed by atoms with Gasteiger partial charge < -0.3 is 16.2 Å². The number of thioether (sulfide) groups is 2. The predicted octanol–water partition coefficient (Wildman–Crippen LogP) is 0.639. The van der Waals surface area contributed by atoms with Gasteiger partial charge in [-0.3, -0.25) is 5.43 Å². The third-order valence-electron chi connectivity index (χ3n) is 1.83. The van der Waals surface area contributed by atoms with Crippen LogP contribution in [0, 0.1) is 0 Å². The second-order valence-electron chi connectivity index (χ2n) is 3.16. The van der Waals surface area contributed by atoms with Crippen molar-refractivity contribution >= 4 is 52.7 Å². The second kappa shape index (κ2) is 7.62. The van der Waals surface area contributed by atoms with Gasteiger partial charge in [0.15, 0.2) is 5.11 Å². The summed E-state index contributed by atoms with van der Waals surface area (Å²) in [7, 11) is 0. The Balaban J connectivity index is 2.59. The van der Waals surface area contributed by atoms with Gasteiger partial charge in [-0.15, -0.1) is 23.5 Å². The molecule has 0 atom stereocenters. The number of nitrogens with zero attached hydrogens (tertiary/aromatic N) is 1. The Labute approximate surface area is 113 Å². The highest BCUT2D eigenvalue weighted by Crippen LogP contribution is 2.31. The van der Waals surface area contributed by atoms with E-state index in [9.17, 15) is 4.79 Å². The largest absolute Gasteiger partial charge is 0.465 e. The van der Waals surface area contributed by atoms with E-state index in [1.54, 1.807) is 23.5 Å². The van der Waals surface area contributed by atoms with Gasteiger partial charge in [0.25, 0.3) is 0 Å². The topological polar surface area (TPSA) is 99.7 Å². The molecule has 6 nitrogen and oxygen atoms in total. The highest BCUT2D eigenvalue weighted by atomic mass is 32.2. The van der Waals surface area contributed by atoms with Crippen molar-refractivity contribution in [2.24, 2.45) is 10.8 Å². The second-order valence-corrected chi connectivity index (χ2v) is 6.33. The molecule has 0 aliphatic carbocycles. The van der Waals surface area contributed by atoms with Crippen LogP contribution in [0.25, 0.3) is 0 Å². The van der Waals surface area contributed by atoms with Crippen molar-refractivity contribution in [3.8, 4) is 0 Å². The lowest BCUT2D eigenvalue weighted by molar-refractivity contribution is 0.196. The molecule has 1 rings (SSSR count). The molecule has 0 aromatic rings. The van der Waals surface area contributed by atoms with E-state index < -0.39 is 6.09 Å². The van der Waals surface area contributed by atoms with E-state index in [4.69, 9.17) is 10.8 Å². The molecule has 17 heavy (non-hydrogen) atoms. The fourth-order valence-electron chi connectivity index (χ4n) is 1.15. The Bertz CT molecular complexity index is 318. The summed E-state index contributed by atoms with van der Waals surface area (Å²) in [6, 6.07) is 0. The summed E-state index contributed by atoms with van der Waals surface area (Å²) in [5.41, 5.74) is 8.50. The Morgan fingerprint density at radius 1 is 1.53 bits per heavy atom. The summed E-state index contributed by atoms with van der Waals surface area (Å²) < 4.78 is 0.150. The molecule has 1 amide bonds. The van der Waals surface area contributed by atoms with Crippen LogP contribution in [0.1, 0.15) is 6.42 Å². The average molecular weight is 294 g/mol. The predicted molar refractivity (Wildman–Crippen MR) is 76.7 cm³/mol. The first kappa shape index (κ1) is 14.4. The van der Waals surface area contributed by atoms with Crippen LogP contribution in [0.2, 0.25) is 0 Å². The zero-order chi connectivity index (χ0) is 12.7. The lowest BCUT2D eigenvalue weighted by atomic mass is 10.4. The van der Waals surface area contributed by atoms with Crippen molar-refractivity contribution in [3.63, 3.8) is 0 Å². The highest BCUT2D eigenvalue weighted by Gasteiger charge is 2.21. The minimum atomic E-state index is -1.07. The lowest BCUT2D eigenvalue weighted by Gasteiger charge is -2.22. The molecular weight excluding hydrogens is 280 g/mol. The summed E-state index contributed by atoms with van der Waals surface area (Å²) in [5.74, 6) is 2.10. The standard InChI is InChI=1S/C8H14N4O2S3/c9-7(15)12-11-5(4-10-8(13)14)6-16-2-1-3-17-6/h6,10H,1-4H2,(H,13,14)(H3,9,12,15)/b11-5-. The van der Waals surface area contributed by atoms with Crippen molar-refractivity contribution in [1.82, 2.24) is 10.7 Å². The van der Waals surface area contributed by atoms with Crippen LogP contribution in [-0.2, 0) is 0 Å². The third kappa shape index (κ3) is 5.99. The fraction of sp³-hybridized carbons (Fsp3) is 0.625. The minimum Gasteiger partial charge on any atom is -0.465 e. The van der Waals surface area contributed by atoms with Gasteiger partial charge in [0, 0.05) is 0 Å². The minimum absolute atomic E-state index is 0.0728. The van der Waals surface area contributed by atoms with Crippen molar-refractivity contribution in [3.05, 3.63) is 0 Å². The molecule has 0 bridgehead atoms. The van der Waals surface area contributed by atoms with Crippen LogP contribution in [0.15, 0.2) is 5.10 Å². The Hall–Kier alpha value is -0.670. The highest BCUT2D eigenvalue weighted by molar-refractivity contribution is 8.18. The first-order valence-corrected chi connectivity index (χ1v) is 7.42. The first-order valence-electron chi connectivity index (χ1n) is 4.91. The molecule has 5 N–H and O–H groups in total. The van der Waals surface area contributed by atoms with Gasteiger partial charge in [0.1, 0.15) is 0 Å². The molecule has 1 aliphatic rings. The van der Waals surface area contributed by atoms with Gasteiger partial charge in [-0.25, -0.2) is 4.79 Å². The SMILES string of the molecule is NC(=S)N/N=C(/CNC(=O)O)C1SCCCS1. The van der Waals surface area contributed by atoms with E-state index in [-0.39, 0.29) is 16.2 Å². The number of carboxylic acid groups (broad SMARTS) is 1. The van der Waals surface area contributed by atoms with E-state index in [1.807, 2.05) is 0 Å². The molecule has 1 saturated heterocycles. The van der Waals surface area contributed by atoms with Gasteiger partial charge in [-0.05, 0) is 30.1 Å². The number of nitrogens with two attached hydrogens (primary N) is 1. The molecule has 0 spiro atoms. The van der Waals surface area contributed by atoms with E-state index in [0.29, 0.717) is 5.71 Å². The summed E-state index contributed by atoms with van der Waals surface area (Å²) in [5, 5.41) is 15.0. The van der Waals surface area contributed by atoms with E-state index in [0.717, 1.165) is 17.9 Å². The number of nitrogens with one attached hydrogen (secondary N) is 2. The summed E-state index contributed by atoms with van der Waals surface area (Å²) in [6.07, 6.45) is 0.0904. The van der Waals surface area contributed by atoms with Crippen molar-refractivity contribution < 1.29 is 9.90 Å². The maximum atomic E-state index is 10.5. The van der Waals surface area contributed by atoms with E-state index in [2.05, 4.69) is 28.1 Å². The van der Waals surface area contributed by atoms with Crippen molar-refractivity contribution in [2.75, 3.05) is 18.1 Å². The van der Waals surface area contributed by atoms with Crippen molar-refractivity contribution in [1.29, 1.82) is 0 Å². The maximum Gasteiger partial charge on any atom is 0.404 e. The fourth-order valence-corrected chi connectivity index (χ4v) is 4.05. The monoisotopic (exact) mass is 294 g/mol. The molecule has 0 aromatic heterocycles. The lowest BCUT2D eigenvalue weighted by Crippen LogP contribution is -2.36. The number of hydrogen-bond donors (Lipinski definition) is 4. The van der Waals surface area contributed by atoms with E-state index >= 15 is 0 Å². The van der Waals surface area contributed by atoms with Crippen LogP contribution in [0.4, 0.5) is 4.79 Å². The van der Waals surface area contributed by atoms with Gasteiger partial charge >= 0.3 is 6.09 Å². The third-order valence-corrected chi connectivity index (χ3v) is 4.94. The van der Waals surface area contributed by atoms with Gasteiger partial charge in [0.2, 0.25) is 0 Å². The normalized spacial score (nSPS) is 17.5. The number of thiocarbonyl (C=S) groups is 1. The summed E-state index contributed by atoms with van der Waals surface area (Å²) in [6.45, 7) is 0.176. The van der Waals surface area contributed by atoms with Crippen molar-refractivity contribution in [2.45, 2.75) is 11.0 Å². The maximum absolute atomic E-state index is 10.5. The molecule has 9 heteroatoms. The number of hydrogen-bond acceptors (Lipinski definition) is 5. The van der Waals surface area contributed by atoms with Crippen LogP contribution >= 0.6 is 35.7 Å². The van der Waals surface area contributed by atoms with E-state index in [1.165, 1.54) is 0 Å². The van der Waals surface area contributed by atoms with Crippen LogP contribution in [0.5, 0.6) is 0 Å². The first-order chi connectivity index (χ1) is 8.09. The Kier molecular flexibility index (Phi) is 6.45.